The van der Waals surface area contributed by atoms with Crippen molar-refractivity contribution in [3.63, 3.8) is 0 Å². The minimum atomic E-state index is -0.288. The van der Waals surface area contributed by atoms with Gasteiger partial charge in [0, 0.05) is 17.7 Å². The fourth-order valence-electron chi connectivity index (χ4n) is 4.00. The monoisotopic (exact) mass is 406 g/mol. The van der Waals surface area contributed by atoms with Gasteiger partial charge >= 0.3 is 0 Å². The van der Waals surface area contributed by atoms with Crippen molar-refractivity contribution in [2.24, 2.45) is 0 Å². The molecule has 0 atom stereocenters. The van der Waals surface area contributed by atoms with Crippen LogP contribution in [0.3, 0.4) is 0 Å². The number of halogens is 1. The first-order valence-electron chi connectivity index (χ1n) is 10.0. The first-order chi connectivity index (χ1) is 15.2. The lowest BCUT2D eigenvalue weighted by atomic mass is 9.97. The van der Waals surface area contributed by atoms with E-state index in [0.717, 1.165) is 39.2 Å². The highest BCUT2D eigenvalue weighted by molar-refractivity contribution is 5.87. The molecule has 0 saturated heterocycles. The van der Waals surface area contributed by atoms with Crippen molar-refractivity contribution < 1.29 is 4.39 Å². The predicted octanol–water partition coefficient (Wildman–Crippen LogP) is 6.14. The van der Waals surface area contributed by atoms with Crippen molar-refractivity contribution in [2.75, 3.05) is 5.32 Å². The SMILES string of the molecule is Cc1c(Cc2ccccc2)c(Nc2ccc(F)cc2)n2c(nc3ccccc32)c1C#N. The molecular formula is C26H19FN4. The molecule has 5 aromatic rings. The van der Waals surface area contributed by atoms with Crippen molar-refractivity contribution in [3.8, 4) is 6.07 Å². The highest BCUT2D eigenvalue weighted by Crippen LogP contribution is 2.34. The molecule has 5 rings (SSSR count). The summed E-state index contributed by atoms with van der Waals surface area (Å²) in [5, 5.41) is 13.5. The molecule has 0 aliphatic rings. The predicted molar refractivity (Wildman–Crippen MR) is 121 cm³/mol. The van der Waals surface area contributed by atoms with E-state index in [9.17, 15) is 9.65 Å². The molecule has 0 aliphatic carbocycles. The summed E-state index contributed by atoms with van der Waals surface area (Å²) in [4.78, 5) is 4.75. The van der Waals surface area contributed by atoms with Crippen LogP contribution >= 0.6 is 0 Å². The Morgan fingerprint density at radius 1 is 0.968 bits per heavy atom. The average molecular weight is 406 g/mol. The maximum absolute atomic E-state index is 13.5. The Kier molecular flexibility index (Phi) is 4.61. The van der Waals surface area contributed by atoms with Gasteiger partial charge < -0.3 is 5.32 Å². The van der Waals surface area contributed by atoms with E-state index in [4.69, 9.17) is 4.98 Å². The van der Waals surface area contributed by atoms with Gasteiger partial charge in [-0.1, -0.05) is 42.5 Å². The standard InChI is InChI=1S/C26H19FN4/c1-17-21(15-18-7-3-2-4-8-18)25(29-20-13-11-19(27)12-14-20)31-24-10-6-5-9-23(24)30-26(31)22(17)16-28/h2-14,29H,15H2,1H3. The normalized spacial score (nSPS) is 11.0. The zero-order chi connectivity index (χ0) is 21.4. The zero-order valence-corrected chi connectivity index (χ0v) is 16.9. The van der Waals surface area contributed by atoms with Gasteiger partial charge in [-0.25, -0.2) is 9.37 Å². The maximum Gasteiger partial charge on any atom is 0.157 e. The van der Waals surface area contributed by atoms with Gasteiger partial charge in [0.25, 0.3) is 0 Å². The molecule has 4 nitrogen and oxygen atoms in total. The van der Waals surface area contributed by atoms with E-state index < -0.39 is 0 Å². The minimum absolute atomic E-state index is 0.288. The van der Waals surface area contributed by atoms with Crippen LogP contribution in [-0.4, -0.2) is 9.38 Å². The van der Waals surface area contributed by atoms with Crippen LogP contribution in [0.15, 0.2) is 78.9 Å². The number of pyridine rings is 1. The smallest absolute Gasteiger partial charge is 0.157 e. The van der Waals surface area contributed by atoms with Crippen LogP contribution in [0.4, 0.5) is 15.9 Å². The zero-order valence-electron chi connectivity index (χ0n) is 16.9. The lowest BCUT2D eigenvalue weighted by molar-refractivity contribution is 0.628. The second-order valence-corrected chi connectivity index (χ2v) is 7.49. The summed E-state index contributed by atoms with van der Waals surface area (Å²) in [5.74, 6) is 0.542. The number of hydrogen-bond acceptors (Lipinski definition) is 3. The van der Waals surface area contributed by atoms with Crippen LogP contribution in [0.25, 0.3) is 16.7 Å². The van der Waals surface area contributed by atoms with E-state index in [1.807, 2.05) is 53.8 Å². The number of anilines is 2. The van der Waals surface area contributed by atoms with Gasteiger partial charge in [-0.2, -0.15) is 5.26 Å². The average Bonchev–Trinajstić information content (AvgIpc) is 3.17. The summed E-state index contributed by atoms with van der Waals surface area (Å²) < 4.78 is 15.5. The van der Waals surface area contributed by atoms with Crippen molar-refractivity contribution in [3.05, 3.63) is 107 Å². The molecular weight excluding hydrogens is 387 g/mol. The molecule has 0 aliphatic heterocycles. The first kappa shape index (κ1) is 18.8. The molecule has 150 valence electrons. The lowest BCUT2D eigenvalue weighted by Crippen LogP contribution is -2.09. The largest absolute Gasteiger partial charge is 0.341 e. The van der Waals surface area contributed by atoms with E-state index >= 15 is 0 Å². The fraction of sp³-hybridized carbons (Fsp3) is 0.0769. The molecule has 0 amide bonds. The number of rotatable bonds is 4. The second kappa shape index (κ2) is 7.58. The van der Waals surface area contributed by atoms with Gasteiger partial charge in [-0.3, -0.25) is 4.40 Å². The lowest BCUT2D eigenvalue weighted by Gasteiger charge is -2.19. The van der Waals surface area contributed by atoms with Crippen LogP contribution in [-0.2, 0) is 6.42 Å². The molecule has 0 spiro atoms. The Morgan fingerprint density at radius 3 is 2.42 bits per heavy atom. The highest BCUT2D eigenvalue weighted by atomic mass is 19.1. The number of para-hydroxylation sites is 2. The van der Waals surface area contributed by atoms with Crippen LogP contribution in [0.5, 0.6) is 0 Å². The van der Waals surface area contributed by atoms with E-state index in [0.29, 0.717) is 17.6 Å². The van der Waals surface area contributed by atoms with Crippen molar-refractivity contribution in [1.29, 1.82) is 5.26 Å². The highest BCUT2D eigenvalue weighted by Gasteiger charge is 2.21. The third-order valence-electron chi connectivity index (χ3n) is 5.56. The molecule has 5 heteroatoms. The third-order valence-corrected chi connectivity index (χ3v) is 5.56. The molecule has 0 fully saturated rings. The fourth-order valence-corrected chi connectivity index (χ4v) is 4.00. The molecule has 0 saturated carbocycles. The first-order valence-corrected chi connectivity index (χ1v) is 10.0. The quantitative estimate of drug-likeness (QED) is 0.390. The summed E-state index contributed by atoms with van der Waals surface area (Å²) >= 11 is 0. The Hall–Kier alpha value is -4.17. The number of nitriles is 1. The van der Waals surface area contributed by atoms with Gasteiger partial charge in [-0.05, 0) is 54.4 Å². The summed E-state index contributed by atoms with van der Waals surface area (Å²) in [7, 11) is 0. The molecule has 0 unspecified atom stereocenters. The van der Waals surface area contributed by atoms with Crippen molar-refractivity contribution >= 4 is 28.2 Å². The van der Waals surface area contributed by atoms with E-state index in [-0.39, 0.29) is 5.82 Å². The van der Waals surface area contributed by atoms with Crippen molar-refractivity contribution in [1.82, 2.24) is 9.38 Å². The Labute approximate surface area is 179 Å². The molecule has 2 heterocycles. The number of imidazole rings is 1. The number of benzene rings is 3. The number of hydrogen-bond donors (Lipinski definition) is 1. The second-order valence-electron chi connectivity index (χ2n) is 7.49. The number of nitrogens with one attached hydrogen (secondary N) is 1. The minimum Gasteiger partial charge on any atom is -0.341 e. The molecule has 0 radical (unpaired) electrons. The summed E-state index contributed by atoms with van der Waals surface area (Å²) in [5.41, 5.74) is 6.69. The van der Waals surface area contributed by atoms with Gasteiger partial charge in [-0.15, -0.1) is 0 Å². The van der Waals surface area contributed by atoms with Crippen LogP contribution in [0.2, 0.25) is 0 Å². The van der Waals surface area contributed by atoms with Gasteiger partial charge in [0.05, 0.1) is 16.6 Å². The van der Waals surface area contributed by atoms with E-state index in [1.165, 1.54) is 12.1 Å². The third kappa shape index (κ3) is 3.28. The molecule has 1 N–H and O–H groups in total. The van der Waals surface area contributed by atoms with Crippen LogP contribution in [0.1, 0.15) is 22.3 Å². The van der Waals surface area contributed by atoms with Gasteiger partial charge in [0.1, 0.15) is 17.7 Å². The topological polar surface area (TPSA) is 53.1 Å². The number of aromatic nitrogens is 2. The Balaban J connectivity index is 1.83. The number of fused-ring (bicyclic) bond motifs is 3. The molecule has 0 bridgehead atoms. The Bertz CT molecular complexity index is 1450. The number of nitrogens with zero attached hydrogens (tertiary/aromatic N) is 3. The van der Waals surface area contributed by atoms with Crippen molar-refractivity contribution in [2.45, 2.75) is 13.3 Å². The molecule has 31 heavy (non-hydrogen) atoms. The summed E-state index contributed by atoms with van der Waals surface area (Å²) in [6.45, 7) is 1.96. The maximum atomic E-state index is 13.5. The van der Waals surface area contributed by atoms with Gasteiger partial charge in [0.15, 0.2) is 5.65 Å². The van der Waals surface area contributed by atoms with Crippen LogP contribution in [0, 0.1) is 24.1 Å². The summed E-state index contributed by atoms with van der Waals surface area (Å²) in [6.07, 6.45) is 0.646. The van der Waals surface area contributed by atoms with E-state index in [1.54, 1.807) is 12.1 Å². The molecule has 2 aromatic heterocycles. The summed E-state index contributed by atoms with van der Waals surface area (Å²) in [6, 6.07) is 26.6. The van der Waals surface area contributed by atoms with Crippen LogP contribution < -0.4 is 5.32 Å². The Morgan fingerprint density at radius 2 is 1.68 bits per heavy atom. The molecule has 3 aromatic carbocycles. The van der Waals surface area contributed by atoms with E-state index in [2.05, 4.69) is 23.5 Å². The van der Waals surface area contributed by atoms with Gasteiger partial charge in [0.2, 0.25) is 0 Å².